The third-order valence-corrected chi connectivity index (χ3v) is 13.9. The monoisotopic (exact) mass is 951 g/mol. The number of halogens is 6. The Labute approximate surface area is 409 Å². The summed E-state index contributed by atoms with van der Waals surface area (Å²) in [5.74, 6) is 0. The number of nitrogens with zero attached hydrogens (tertiary/aromatic N) is 3. The fourth-order valence-corrected chi connectivity index (χ4v) is 10.6. The Morgan fingerprint density at radius 1 is 0.403 bits per heavy atom. The van der Waals surface area contributed by atoms with E-state index >= 15 is 26.3 Å². The van der Waals surface area contributed by atoms with Gasteiger partial charge in [-0.05, 0) is 105 Å². The van der Waals surface area contributed by atoms with E-state index in [9.17, 15) is 5.26 Å². The van der Waals surface area contributed by atoms with E-state index in [4.69, 9.17) is 0 Å². The van der Waals surface area contributed by atoms with E-state index in [0.29, 0.717) is 57.8 Å². The second kappa shape index (κ2) is 17.2. The fourth-order valence-electron chi connectivity index (χ4n) is 10.6. The van der Waals surface area contributed by atoms with Crippen molar-refractivity contribution in [2.24, 2.45) is 0 Å². The van der Waals surface area contributed by atoms with Crippen LogP contribution in [0.2, 0.25) is 0 Å². The fraction of sp³-hybridized carbons (Fsp3) is 0.0635. The first-order chi connectivity index (χ1) is 34.9. The molecule has 0 amide bonds. The van der Waals surface area contributed by atoms with Crippen molar-refractivity contribution < 1.29 is 26.3 Å². The van der Waals surface area contributed by atoms with Crippen molar-refractivity contribution in [1.29, 1.82) is 5.26 Å². The van der Waals surface area contributed by atoms with E-state index < -0.39 is 29.0 Å². The van der Waals surface area contributed by atoms with Crippen LogP contribution in [-0.2, 0) is 12.4 Å². The summed E-state index contributed by atoms with van der Waals surface area (Å²) in [6.07, 6.45) is 6.52. The summed E-state index contributed by atoms with van der Waals surface area (Å²) in [6, 6.07) is 50.0. The van der Waals surface area contributed by atoms with E-state index in [-0.39, 0.29) is 22.5 Å². The van der Waals surface area contributed by atoms with Crippen LogP contribution in [0.4, 0.5) is 26.3 Å². The van der Waals surface area contributed by atoms with Gasteiger partial charge in [0.1, 0.15) is 0 Å². The Kier molecular flexibility index (Phi) is 10.6. The van der Waals surface area contributed by atoms with Crippen LogP contribution in [0.3, 0.4) is 0 Å². The van der Waals surface area contributed by atoms with Gasteiger partial charge in [0, 0.05) is 32.7 Å². The maximum absolute atomic E-state index is 15.9. The first kappa shape index (κ1) is 44.3. The molecule has 8 aromatic carbocycles. The summed E-state index contributed by atoms with van der Waals surface area (Å²) >= 11 is 0. The number of nitriles is 1. The Bertz CT molecular complexity index is 3950. The highest BCUT2D eigenvalue weighted by Crippen LogP contribution is 2.51. The molecule has 0 spiro atoms. The number of alkyl halides is 6. The van der Waals surface area contributed by atoms with Crippen molar-refractivity contribution in [1.82, 2.24) is 9.13 Å². The molecule has 0 atom stereocenters. The average Bonchev–Trinajstić information content (AvgIpc) is 3.91. The van der Waals surface area contributed by atoms with Crippen LogP contribution in [0.5, 0.6) is 0 Å². The highest BCUT2D eigenvalue weighted by atomic mass is 19.4. The Morgan fingerprint density at radius 2 is 0.819 bits per heavy atom. The van der Waals surface area contributed by atoms with Gasteiger partial charge < -0.3 is 9.13 Å². The highest BCUT2D eigenvalue weighted by molar-refractivity contribution is 6.13. The van der Waals surface area contributed by atoms with Crippen LogP contribution in [0.1, 0.15) is 29.5 Å². The average molecular weight is 952 g/mol. The molecule has 0 saturated carbocycles. The quantitative estimate of drug-likeness (QED) is 0.158. The second-order valence-electron chi connectivity index (χ2n) is 18.1. The molecular formula is C63H39F6N3. The van der Waals surface area contributed by atoms with Crippen molar-refractivity contribution >= 4 is 54.8 Å². The molecule has 2 aliphatic carbocycles. The summed E-state index contributed by atoms with van der Waals surface area (Å²) < 4.78 is 99.2. The molecule has 10 aromatic rings. The molecule has 2 aromatic heterocycles. The summed E-state index contributed by atoms with van der Waals surface area (Å²) in [4.78, 5) is 0. The Balaban J connectivity index is 1.33. The molecule has 12 rings (SSSR count). The number of benzene rings is 8. The van der Waals surface area contributed by atoms with Crippen LogP contribution in [0.15, 0.2) is 212 Å². The standard InChI is InChI=1S/C63H39F6N3/c64-62(65,66)52-22-13-23-53(63(67,68)69)60(52)61-58(71-54-34-44(40-14-5-1-6-15-40)24-28-48(54)49-29-25-45(35-55(49)71)41-16-7-2-8-17-41)32-39(38-70)33-59(61)72-56-36-46(42-18-9-3-10-19-42)26-30-50(56)51-31-27-47(37-57(51)72)43-20-11-4-12-21-43/h1-18,20,22-37H,19,21H2. The zero-order chi connectivity index (χ0) is 49.3. The molecule has 72 heavy (non-hydrogen) atoms. The van der Waals surface area contributed by atoms with Crippen molar-refractivity contribution in [3.63, 3.8) is 0 Å². The molecular weight excluding hydrogens is 913 g/mol. The molecule has 0 N–H and O–H groups in total. The van der Waals surface area contributed by atoms with Crippen LogP contribution in [-0.4, -0.2) is 9.13 Å². The molecule has 348 valence electrons. The number of allylic oxidation sites excluding steroid dienone is 8. The third kappa shape index (κ3) is 7.55. The van der Waals surface area contributed by atoms with E-state index in [1.165, 1.54) is 12.1 Å². The van der Waals surface area contributed by atoms with Gasteiger partial charge in [-0.1, -0.05) is 164 Å². The van der Waals surface area contributed by atoms with Gasteiger partial charge in [-0.15, -0.1) is 0 Å². The topological polar surface area (TPSA) is 33.6 Å². The number of rotatable bonds is 5. The normalized spacial score (nSPS) is 15.3. The molecule has 2 heterocycles. The third-order valence-electron chi connectivity index (χ3n) is 13.9. The smallest absolute Gasteiger partial charge is 0.308 e. The van der Waals surface area contributed by atoms with E-state index in [2.05, 4.69) is 6.07 Å². The molecule has 0 fully saturated rings. The van der Waals surface area contributed by atoms with Gasteiger partial charge in [0.25, 0.3) is 0 Å². The van der Waals surface area contributed by atoms with Crippen LogP contribution < -0.4 is 10.4 Å². The van der Waals surface area contributed by atoms with E-state index in [0.717, 1.165) is 60.7 Å². The SMILES string of the molecule is N#Cc1cc(-n2c3cc(-c4ccccc4)ccc3c3ccc(-c4ccccc4)cc32)c(-c2c(C(F)(F)F)cccc2C(F)(F)F)c(-n2c3cc(=C4C=CC=CC4)ccc3c3ccc(=C4C=CC=CC4)cc32)c1. The number of aromatic nitrogens is 2. The Hall–Kier alpha value is -8.87. The lowest BCUT2D eigenvalue weighted by atomic mass is 9.89. The van der Waals surface area contributed by atoms with Crippen molar-refractivity contribution in [2.45, 2.75) is 25.2 Å². The zero-order valence-corrected chi connectivity index (χ0v) is 38.2. The summed E-state index contributed by atoms with van der Waals surface area (Å²) in [7, 11) is 0. The predicted octanol–water partition coefficient (Wildman–Crippen LogP) is 16.1. The molecule has 2 aliphatic rings. The minimum Gasteiger partial charge on any atom is -0.308 e. The lowest BCUT2D eigenvalue weighted by Crippen LogP contribution is -2.17. The van der Waals surface area contributed by atoms with Gasteiger partial charge in [0.05, 0.1) is 56.2 Å². The zero-order valence-electron chi connectivity index (χ0n) is 38.2. The van der Waals surface area contributed by atoms with Gasteiger partial charge in [0.2, 0.25) is 0 Å². The number of hydrogen-bond acceptors (Lipinski definition) is 1. The molecule has 0 bridgehead atoms. The molecule has 0 radical (unpaired) electrons. The second-order valence-corrected chi connectivity index (χ2v) is 18.1. The van der Waals surface area contributed by atoms with Gasteiger partial charge >= 0.3 is 12.4 Å². The Morgan fingerprint density at radius 3 is 1.21 bits per heavy atom. The number of hydrogen-bond donors (Lipinski definition) is 0. The number of fused-ring (bicyclic) bond motifs is 6. The lowest BCUT2D eigenvalue weighted by molar-refractivity contribution is -0.142. The van der Waals surface area contributed by atoms with Crippen molar-refractivity contribution in [3.05, 3.63) is 240 Å². The van der Waals surface area contributed by atoms with Crippen LogP contribution in [0.25, 0.3) is 99.5 Å². The van der Waals surface area contributed by atoms with Crippen molar-refractivity contribution in [3.8, 4) is 50.8 Å². The minimum atomic E-state index is -5.25. The minimum absolute atomic E-state index is 0.0258. The molecule has 3 nitrogen and oxygen atoms in total. The predicted molar refractivity (Wildman–Crippen MR) is 278 cm³/mol. The van der Waals surface area contributed by atoms with E-state index in [1.807, 2.05) is 182 Å². The molecule has 0 unspecified atom stereocenters. The lowest BCUT2D eigenvalue weighted by Gasteiger charge is -2.25. The first-order valence-corrected chi connectivity index (χ1v) is 23.5. The summed E-state index contributed by atoms with van der Waals surface area (Å²) in [5, 5.41) is 15.7. The molecule has 0 saturated heterocycles. The maximum atomic E-state index is 15.9. The largest absolute Gasteiger partial charge is 0.417 e. The van der Waals surface area contributed by atoms with Crippen molar-refractivity contribution in [2.75, 3.05) is 0 Å². The van der Waals surface area contributed by atoms with Crippen LogP contribution >= 0.6 is 0 Å². The highest BCUT2D eigenvalue weighted by Gasteiger charge is 2.43. The summed E-state index contributed by atoms with van der Waals surface area (Å²) in [5.41, 5.74) is 2.98. The van der Waals surface area contributed by atoms with Gasteiger partial charge in [-0.3, -0.25) is 0 Å². The van der Waals surface area contributed by atoms with E-state index in [1.54, 1.807) is 9.13 Å². The van der Waals surface area contributed by atoms with Gasteiger partial charge in [-0.2, -0.15) is 31.6 Å². The first-order valence-electron chi connectivity index (χ1n) is 23.5. The molecule has 9 heteroatoms. The summed E-state index contributed by atoms with van der Waals surface area (Å²) in [6.45, 7) is 0. The van der Waals surface area contributed by atoms with Gasteiger partial charge in [-0.25, -0.2) is 0 Å². The van der Waals surface area contributed by atoms with Gasteiger partial charge in [0.15, 0.2) is 0 Å². The maximum Gasteiger partial charge on any atom is 0.417 e. The van der Waals surface area contributed by atoms with Crippen LogP contribution in [0, 0.1) is 11.3 Å². The molecule has 0 aliphatic heterocycles.